The predicted molar refractivity (Wildman–Crippen MR) is 83.3 cm³/mol. The fourth-order valence-corrected chi connectivity index (χ4v) is 2.37. The molecule has 0 saturated carbocycles. The zero-order valence-corrected chi connectivity index (χ0v) is 12.7. The third-order valence-corrected chi connectivity index (χ3v) is 3.39. The van der Waals surface area contributed by atoms with Gasteiger partial charge in [0.05, 0.1) is 12.1 Å². The van der Waals surface area contributed by atoms with E-state index in [4.69, 9.17) is 11.5 Å². The Balaban J connectivity index is 2.25. The van der Waals surface area contributed by atoms with Crippen LogP contribution in [0.5, 0.6) is 0 Å². The Hall–Kier alpha value is -3.23. The van der Waals surface area contributed by atoms with Gasteiger partial charge in [-0.25, -0.2) is 18.4 Å². The Morgan fingerprint density at radius 1 is 1.33 bits per heavy atom. The minimum atomic E-state index is -0.750. The Kier molecular flexibility index (Phi) is 3.98. The summed E-state index contributed by atoms with van der Waals surface area (Å²) in [6.45, 7) is 1.77. The molecule has 0 atom stereocenters. The molecule has 7 nitrogen and oxygen atoms in total. The molecule has 0 saturated heterocycles. The van der Waals surface area contributed by atoms with Crippen molar-refractivity contribution in [2.24, 2.45) is 11.5 Å². The van der Waals surface area contributed by atoms with E-state index in [0.717, 1.165) is 12.1 Å². The van der Waals surface area contributed by atoms with Crippen LogP contribution >= 0.6 is 0 Å². The number of nitrogens with two attached hydrogens (primary N) is 2. The van der Waals surface area contributed by atoms with Gasteiger partial charge in [-0.2, -0.15) is 0 Å². The van der Waals surface area contributed by atoms with E-state index < -0.39 is 11.6 Å². The molecule has 2 heterocycles. The molecule has 124 valence electrons. The lowest BCUT2D eigenvalue weighted by Gasteiger charge is -2.08. The van der Waals surface area contributed by atoms with Gasteiger partial charge in [-0.15, -0.1) is 0 Å². The van der Waals surface area contributed by atoms with E-state index in [9.17, 15) is 8.78 Å². The second-order valence-electron chi connectivity index (χ2n) is 5.10. The van der Waals surface area contributed by atoms with Crippen LogP contribution in [0, 0.1) is 18.6 Å². The highest BCUT2D eigenvalue weighted by Crippen LogP contribution is 2.28. The molecule has 0 spiro atoms. The van der Waals surface area contributed by atoms with Crippen LogP contribution in [0.15, 0.2) is 40.8 Å². The van der Waals surface area contributed by atoms with Gasteiger partial charge in [0.25, 0.3) is 0 Å². The normalized spacial score (nSPS) is 12.5. The van der Waals surface area contributed by atoms with E-state index in [1.807, 2.05) is 0 Å². The first-order valence-corrected chi connectivity index (χ1v) is 6.99. The van der Waals surface area contributed by atoms with Crippen LogP contribution in [-0.2, 0) is 6.54 Å². The first-order chi connectivity index (χ1) is 11.5. The molecular formula is C15H14F2N6O. The van der Waals surface area contributed by atoms with Gasteiger partial charge in [-0.3, -0.25) is 0 Å². The van der Waals surface area contributed by atoms with Crippen LogP contribution in [0.25, 0.3) is 22.6 Å². The summed E-state index contributed by atoms with van der Waals surface area (Å²) in [6.07, 6.45) is 4.44. The number of hydrogen-bond acceptors (Lipinski definition) is 6. The average molecular weight is 332 g/mol. The van der Waals surface area contributed by atoms with Crippen molar-refractivity contribution in [3.8, 4) is 11.5 Å². The molecule has 9 heteroatoms. The zero-order chi connectivity index (χ0) is 17.3. The van der Waals surface area contributed by atoms with Gasteiger partial charge in [0, 0.05) is 17.8 Å². The second-order valence-corrected chi connectivity index (χ2v) is 5.10. The summed E-state index contributed by atoms with van der Waals surface area (Å²) < 4.78 is 34.0. The molecule has 3 aromatic rings. The maximum atomic E-state index is 14.3. The standard InChI is InChI=1S/C15H14F2N6O/c1-8-13(22-24-21-8)15-20-12-6-9(16)5-11(17)14(12)23(15)7-10(19)3-2-4-18/h2-6H,7,18-19H2,1H3/b4-2-,10-3-. The molecule has 2 aromatic heterocycles. The van der Waals surface area contributed by atoms with E-state index in [1.165, 1.54) is 10.8 Å². The molecule has 0 aliphatic carbocycles. The minimum Gasteiger partial charge on any atom is -0.405 e. The Morgan fingerprint density at radius 3 is 2.79 bits per heavy atom. The highest BCUT2D eigenvalue weighted by atomic mass is 19.1. The molecule has 0 aliphatic heterocycles. The summed E-state index contributed by atoms with van der Waals surface area (Å²) in [7, 11) is 0. The van der Waals surface area contributed by atoms with Gasteiger partial charge in [0.2, 0.25) is 0 Å². The van der Waals surface area contributed by atoms with Crippen LogP contribution in [-0.4, -0.2) is 19.9 Å². The first-order valence-electron chi connectivity index (χ1n) is 6.99. The number of halogens is 2. The fraction of sp³-hybridized carbons (Fsp3) is 0.133. The molecule has 1 aromatic carbocycles. The van der Waals surface area contributed by atoms with Crippen LogP contribution in [0.1, 0.15) is 5.69 Å². The number of fused-ring (bicyclic) bond motifs is 1. The van der Waals surface area contributed by atoms with Crippen LogP contribution in [0.3, 0.4) is 0 Å². The second kappa shape index (κ2) is 6.11. The highest BCUT2D eigenvalue weighted by molar-refractivity contribution is 5.81. The molecule has 0 radical (unpaired) electrons. The Bertz CT molecular complexity index is 956. The highest BCUT2D eigenvalue weighted by Gasteiger charge is 2.21. The number of allylic oxidation sites excluding steroid dienone is 3. The number of rotatable bonds is 4. The van der Waals surface area contributed by atoms with Gasteiger partial charge in [-0.1, -0.05) is 5.16 Å². The van der Waals surface area contributed by atoms with Crippen molar-refractivity contribution in [1.82, 2.24) is 19.9 Å². The molecule has 0 fully saturated rings. The lowest BCUT2D eigenvalue weighted by Crippen LogP contribution is -2.10. The van der Waals surface area contributed by atoms with Crippen LogP contribution < -0.4 is 11.5 Å². The Morgan fingerprint density at radius 2 is 2.12 bits per heavy atom. The predicted octanol–water partition coefficient (Wildman–Crippen LogP) is 1.99. The zero-order valence-electron chi connectivity index (χ0n) is 12.7. The number of aryl methyl sites for hydroxylation is 1. The summed E-state index contributed by atoms with van der Waals surface area (Å²) in [5, 5.41) is 7.48. The molecule has 24 heavy (non-hydrogen) atoms. The fourth-order valence-electron chi connectivity index (χ4n) is 2.37. The number of hydrogen-bond donors (Lipinski definition) is 2. The third-order valence-electron chi connectivity index (χ3n) is 3.39. The van der Waals surface area contributed by atoms with E-state index in [2.05, 4.69) is 19.9 Å². The van der Waals surface area contributed by atoms with Gasteiger partial charge >= 0.3 is 0 Å². The van der Waals surface area contributed by atoms with E-state index in [0.29, 0.717) is 17.1 Å². The minimum absolute atomic E-state index is 0.102. The summed E-state index contributed by atoms with van der Waals surface area (Å²) in [4.78, 5) is 4.27. The van der Waals surface area contributed by atoms with Crippen molar-refractivity contribution in [2.75, 3.05) is 0 Å². The van der Waals surface area contributed by atoms with E-state index in [1.54, 1.807) is 19.1 Å². The largest absolute Gasteiger partial charge is 0.405 e. The summed E-state index contributed by atoms with van der Waals surface area (Å²) in [5.41, 5.74) is 12.7. The number of imidazole rings is 1. The van der Waals surface area contributed by atoms with Crippen molar-refractivity contribution in [2.45, 2.75) is 13.5 Å². The van der Waals surface area contributed by atoms with Gasteiger partial charge < -0.3 is 16.0 Å². The Labute approximate surface area is 135 Å². The molecule has 0 amide bonds. The number of nitrogens with zero attached hydrogens (tertiary/aromatic N) is 4. The summed E-state index contributed by atoms with van der Waals surface area (Å²) >= 11 is 0. The van der Waals surface area contributed by atoms with Crippen molar-refractivity contribution in [1.29, 1.82) is 0 Å². The van der Waals surface area contributed by atoms with E-state index >= 15 is 0 Å². The van der Waals surface area contributed by atoms with Crippen molar-refractivity contribution in [3.05, 3.63) is 53.5 Å². The molecule has 3 rings (SSSR count). The topological polar surface area (TPSA) is 109 Å². The molecule has 0 aliphatic rings. The summed E-state index contributed by atoms with van der Waals surface area (Å²) in [5.74, 6) is -1.19. The van der Waals surface area contributed by atoms with E-state index in [-0.39, 0.29) is 23.4 Å². The van der Waals surface area contributed by atoms with Gasteiger partial charge in [0.1, 0.15) is 17.0 Å². The summed E-state index contributed by atoms with van der Waals surface area (Å²) in [6, 6.07) is 1.93. The average Bonchev–Trinajstić information content (AvgIpc) is 3.08. The SMILES string of the molecule is Cc1nonc1-c1nc2cc(F)cc(F)c2n1C/C(N)=C/C=C\N. The monoisotopic (exact) mass is 332 g/mol. The lowest BCUT2D eigenvalue weighted by molar-refractivity contribution is 0.305. The lowest BCUT2D eigenvalue weighted by atomic mass is 10.2. The smallest absolute Gasteiger partial charge is 0.173 e. The van der Waals surface area contributed by atoms with Crippen LogP contribution in [0.4, 0.5) is 8.78 Å². The molecule has 0 unspecified atom stereocenters. The number of aromatic nitrogens is 4. The third kappa shape index (κ3) is 2.71. The molecule has 0 bridgehead atoms. The molecule has 4 N–H and O–H groups in total. The van der Waals surface area contributed by atoms with Gasteiger partial charge in [0.15, 0.2) is 17.3 Å². The van der Waals surface area contributed by atoms with Crippen molar-refractivity contribution < 1.29 is 13.4 Å². The maximum absolute atomic E-state index is 14.3. The first kappa shape index (κ1) is 15.7. The number of benzene rings is 1. The van der Waals surface area contributed by atoms with Gasteiger partial charge in [-0.05, 0) is 30.4 Å². The van der Waals surface area contributed by atoms with Crippen LogP contribution in [0.2, 0.25) is 0 Å². The molecular weight excluding hydrogens is 318 g/mol. The van der Waals surface area contributed by atoms with Crippen molar-refractivity contribution in [3.63, 3.8) is 0 Å². The van der Waals surface area contributed by atoms with Crippen molar-refractivity contribution >= 4 is 11.0 Å². The maximum Gasteiger partial charge on any atom is 0.173 e. The quantitative estimate of drug-likeness (QED) is 0.707.